The van der Waals surface area contributed by atoms with E-state index in [9.17, 15) is 8.42 Å². The normalized spacial score (nSPS) is 25.4. The molecule has 1 saturated heterocycles. The third-order valence-electron chi connectivity index (χ3n) is 3.65. The number of hydrogen-bond donors (Lipinski definition) is 1. The van der Waals surface area contributed by atoms with Gasteiger partial charge in [-0.3, -0.25) is 0 Å². The number of nitrogens with two attached hydrogens (primary N) is 1. The van der Waals surface area contributed by atoms with Crippen molar-refractivity contribution in [1.29, 1.82) is 0 Å². The first-order valence-corrected chi connectivity index (χ1v) is 8.62. The average Bonchev–Trinajstić information content (AvgIpc) is 2.32. The van der Waals surface area contributed by atoms with E-state index in [1.807, 2.05) is 6.92 Å². The Bertz CT molecular complexity index is 574. The summed E-state index contributed by atoms with van der Waals surface area (Å²) < 4.78 is 27.6. The predicted octanol–water partition coefficient (Wildman–Crippen LogP) is 2.84. The molecule has 0 radical (unpaired) electrons. The Labute approximate surface area is 123 Å². The predicted molar refractivity (Wildman–Crippen MR) is 80.3 cm³/mol. The Hall–Kier alpha value is -0.590. The zero-order chi connectivity index (χ0) is 14.2. The molecule has 0 aromatic heterocycles. The summed E-state index contributed by atoms with van der Waals surface area (Å²) in [5.41, 5.74) is 6.22. The zero-order valence-electron chi connectivity index (χ0n) is 11.1. The lowest BCUT2D eigenvalue weighted by atomic mass is 9.95. The first-order chi connectivity index (χ1) is 8.82. The van der Waals surface area contributed by atoms with Crippen molar-refractivity contribution in [3.05, 3.63) is 22.7 Å². The van der Waals surface area contributed by atoms with E-state index in [2.05, 4.69) is 22.9 Å². The van der Waals surface area contributed by atoms with E-state index in [0.717, 1.165) is 12.8 Å². The van der Waals surface area contributed by atoms with Crippen LogP contribution >= 0.6 is 15.9 Å². The van der Waals surface area contributed by atoms with Crippen molar-refractivity contribution < 1.29 is 8.42 Å². The van der Waals surface area contributed by atoms with Crippen LogP contribution in [0, 0.1) is 5.92 Å². The maximum absolute atomic E-state index is 12.6. The van der Waals surface area contributed by atoms with E-state index < -0.39 is 10.0 Å². The average molecular weight is 347 g/mol. The Morgan fingerprint density at radius 3 is 2.63 bits per heavy atom. The highest BCUT2D eigenvalue weighted by molar-refractivity contribution is 9.10. The number of nitrogen functional groups attached to an aromatic ring is 1. The van der Waals surface area contributed by atoms with E-state index in [0.29, 0.717) is 22.6 Å². The summed E-state index contributed by atoms with van der Waals surface area (Å²) in [5.74, 6) is 0.580. The van der Waals surface area contributed by atoms with Crippen molar-refractivity contribution in [3.63, 3.8) is 0 Å². The smallest absolute Gasteiger partial charge is 0.243 e. The van der Waals surface area contributed by atoms with Crippen LogP contribution in [0.5, 0.6) is 0 Å². The van der Waals surface area contributed by atoms with E-state index in [1.54, 1.807) is 16.4 Å². The molecule has 19 heavy (non-hydrogen) atoms. The summed E-state index contributed by atoms with van der Waals surface area (Å²) in [6.07, 6.45) is 1.82. The molecule has 4 nitrogen and oxygen atoms in total. The Kier molecular flexibility index (Phi) is 4.23. The second-order valence-electron chi connectivity index (χ2n) is 5.28. The molecular formula is C13H19BrN2O2S. The summed E-state index contributed by atoms with van der Waals surface area (Å²) in [6.45, 7) is 4.72. The van der Waals surface area contributed by atoms with E-state index in [4.69, 9.17) is 5.73 Å². The van der Waals surface area contributed by atoms with Gasteiger partial charge in [-0.05, 0) is 59.8 Å². The van der Waals surface area contributed by atoms with Gasteiger partial charge in [-0.2, -0.15) is 4.31 Å². The van der Waals surface area contributed by atoms with Gasteiger partial charge in [0.25, 0.3) is 0 Å². The highest BCUT2D eigenvalue weighted by atomic mass is 79.9. The second kappa shape index (κ2) is 5.42. The van der Waals surface area contributed by atoms with Gasteiger partial charge >= 0.3 is 0 Å². The van der Waals surface area contributed by atoms with Gasteiger partial charge in [-0.1, -0.05) is 6.92 Å². The molecule has 0 amide bonds. The van der Waals surface area contributed by atoms with E-state index in [-0.39, 0.29) is 10.9 Å². The van der Waals surface area contributed by atoms with E-state index in [1.165, 1.54) is 6.07 Å². The van der Waals surface area contributed by atoms with Crippen molar-refractivity contribution >= 4 is 31.6 Å². The monoisotopic (exact) mass is 346 g/mol. The Morgan fingerprint density at radius 2 is 2.05 bits per heavy atom. The molecule has 0 aliphatic carbocycles. The van der Waals surface area contributed by atoms with Crippen LogP contribution in [0.3, 0.4) is 0 Å². The molecular weight excluding hydrogens is 328 g/mol. The van der Waals surface area contributed by atoms with Gasteiger partial charge in [0, 0.05) is 22.7 Å². The van der Waals surface area contributed by atoms with Crippen LogP contribution in [0.2, 0.25) is 0 Å². The first-order valence-electron chi connectivity index (χ1n) is 6.39. The topological polar surface area (TPSA) is 63.4 Å². The van der Waals surface area contributed by atoms with Crippen LogP contribution in [-0.2, 0) is 10.0 Å². The maximum atomic E-state index is 12.6. The lowest BCUT2D eigenvalue weighted by Crippen LogP contribution is -2.44. The van der Waals surface area contributed by atoms with Gasteiger partial charge < -0.3 is 5.73 Å². The number of benzene rings is 1. The van der Waals surface area contributed by atoms with Crippen molar-refractivity contribution in [2.45, 2.75) is 37.6 Å². The lowest BCUT2D eigenvalue weighted by Gasteiger charge is -2.35. The molecule has 2 N–H and O–H groups in total. The molecule has 0 saturated carbocycles. The number of sulfonamides is 1. The zero-order valence-corrected chi connectivity index (χ0v) is 13.5. The summed E-state index contributed by atoms with van der Waals surface area (Å²) in [4.78, 5) is 0.273. The fourth-order valence-electron chi connectivity index (χ4n) is 2.56. The van der Waals surface area contributed by atoms with Gasteiger partial charge in [0.2, 0.25) is 10.0 Å². The number of nitrogens with zero attached hydrogens (tertiary/aromatic N) is 1. The van der Waals surface area contributed by atoms with Crippen LogP contribution in [0.25, 0.3) is 0 Å². The molecule has 2 atom stereocenters. The van der Waals surface area contributed by atoms with Crippen molar-refractivity contribution in [2.24, 2.45) is 5.92 Å². The molecule has 1 aliphatic rings. The largest absolute Gasteiger partial charge is 0.398 e. The minimum Gasteiger partial charge on any atom is -0.398 e. The third kappa shape index (κ3) is 2.95. The molecule has 1 heterocycles. The third-order valence-corrected chi connectivity index (χ3v) is 6.38. The highest BCUT2D eigenvalue weighted by Gasteiger charge is 2.33. The van der Waals surface area contributed by atoms with Gasteiger partial charge in [0.1, 0.15) is 0 Å². The summed E-state index contributed by atoms with van der Waals surface area (Å²) in [5, 5.41) is 0. The minimum absolute atomic E-state index is 0.0404. The minimum atomic E-state index is -3.44. The van der Waals surface area contributed by atoms with Crippen LogP contribution < -0.4 is 5.73 Å². The number of piperidine rings is 1. The van der Waals surface area contributed by atoms with Crippen LogP contribution in [-0.4, -0.2) is 25.3 Å². The molecule has 0 bridgehead atoms. The SMILES string of the molecule is CC1CCN(S(=O)(=O)c2ccc(Br)c(N)c2)C(C)C1. The van der Waals surface area contributed by atoms with Gasteiger partial charge in [0.05, 0.1) is 4.90 Å². The molecule has 0 spiro atoms. The van der Waals surface area contributed by atoms with Gasteiger partial charge in [0.15, 0.2) is 0 Å². The molecule has 1 fully saturated rings. The summed E-state index contributed by atoms with van der Waals surface area (Å²) in [7, 11) is -3.44. The molecule has 1 aromatic rings. The summed E-state index contributed by atoms with van der Waals surface area (Å²) in [6, 6.07) is 4.84. The first kappa shape index (κ1) is 14.8. The van der Waals surface area contributed by atoms with Crippen molar-refractivity contribution in [3.8, 4) is 0 Å². The fraction of sp³-hybridized carbons (Fsp3) is 0.538. The molecule has 106 valence electrons. The van der Waals surface area contributed by atoms with Crippen LogP contribution in [0.4, 0.5) is 5.69 Å². The van der Waals surface area contributed by atoms with Gasteiger partial charge in [-0.15, -0.1) is 0 Å². The molecule has 2 rings (SSSR count). The number of rotatable bonds is 2. The highest BCUT2D eigenvalue weighted by Crippen LogP contribution is 2.30. The molecule has 1 aliphatic heterocycles. The Morgan fingerprint density at radius 1 is 1.37 bits per heavy atom. The summed E-state index contributed by atoms with van der Waals surface area (Å²) >= 11 is 3.28. The van der Waals surface area contributed by atoms with Crippen molar-refractivity contribution in [2.75, 3.05) is 12.3 Å². The van der Waals surface area contributed by atoms with E-state index >= 15 is 0 Å². The molecule has 6 heteroatoms. The van der Waals surface area contributed by atoms with Crippen LogP contribution in [0.1, 0.15) is 26.7 Å². The Balaban J connectivity index is 2.34. The molecule has 2 unspecified atom stereocenters. The fourth-order valence-corrected chi connectivity index (χ4v) is 4.50. The number of anilines is 1. The van der Waals surface area contributed by atoms with Crippen molar-refractivity contribution in [1.82, 2.24) is 4.31 Å². The number of hydrogen-bond acceptors (Lipinski definition) is 3. The number of halogens is 1. The van der Waals surface area contributed by atoms with Crippen LogP contribution in [0.15, 0.2) is 27.6 Å². The molecule has 1 aromatic carbocycles. The second-order valence-corrected chi connectivity index (χ2v) is 8.02. The standard InChI is InChI=1S/C13H19BrN2O2S/c1-9-5-6-16(10(2)7-9)19(17,18)11-3-4-12(14)13(15)8-11/h3-4,8-10H,5-7,15H2,1-2H3. The van der Waals surface area contributed by atoms with Gasteiger partial charge in [-0.25, -0.2) is 8.42 Å². The lowest BCUT2D eigenvalue weighted by molar-refractivity contribution is 0.220. The quantitative estimate of drug-likeness (QED) is 0.837. The maximum Gasteiger partial charge on any atom is 0.243 e.